The molecular weight excluding hydrogens is 273 g/mol. The lowest BCUT2D eigenvalue weighted by atomic mass is 10.3. The van der Waals surface area contributed by atoms with Gasteiger partial charge in [-0.2, -0.15) is 0 Å². The van der Waals surface area contributed by atoms with Gasteiger partial charge in [-0.1, -0.05) is 6.92 Å². The summed E-state index contributed by atoms with van der Waals surface area (Å²) in [5.41, 5.74) is 5.00. The van der Waals surface area contributed by atoms with Crippen LogP contribution in [0.3, 0.4) is 0 Å². The number of guanidine groups is 1. The van der Waals surface area contributed by atoms with E-state index in [-0.39, 0.29) is 12.5 Å². The highest BCUT2D eigenvalue weighted by atomic mass is 19.2. The molecule has 4 N–H and O–H groups in total. The molecule has 0 unspecified atom stereocenters. The topological polar surface area (TPSA) is 79.5 Å². The Hall–Kier alpha value is -2.25. The number of hydrogen-bond donors (Lipinski definition) is 3. The van der Waals surface area contributed by atoms with Gasteiger partial charge in [0, 0.05) is 6.54 Å². The summed E-state index contributed by atoms with van der Waals surface area (Å²) in [6, 6.07) is 1.64. The Labute approximate surface area is 114 Å². The second kappa shape index (κ2) is 7.37. The van der Waals surface area contributed by atoms with Crippen molar-refractivity contribution < 1.29 is 18.0 Å². The molecule has 5 nitrogen and oxygen atoms in total. The Morgan fingerprint density at radius 3 is 2.65 bits per heavy atom. The summed E-state index contributed by atoms with van der Waals surface area (Å²) < 4.78 is 38.9. The number of rotatable bonds is 5. The average molecular weight is 288 g/mol. The van der Waals surface area contributed by atoms with E-state index in [1.54, 1.807) is 0 Å². The Kier molecular flexibility index (Phi) is 5.82. The van der Waals surface area contributed by atoms with Crippen molar-refractivity contribution in [1.29, 1.82) is 0 Å². The van der Waals surface area contributed by atoms with Gasteiger partial charge in [0.05, 0.1) is 5.69 Å². The van der Waals surface area contributed by atoms with E-state index in [1.165, 1.54) is 0 Å². The summed E-state index contributed by atoms with van der Waals surface area (Å²) in [7, 11) is 0. The number of carbonyl (C=O) groups is 1. The lowest BCUT2D eigenvalue weighted by Crippen LogP contribution is -2.33. The van der Waals surface area contributed by atoms with Crippen molar-refractivity contribution in [1.82, 2.24) is 5.32 Å². The molecule has 0 heterocycles. The number of nitrogens with zero attached hydrogens (tertiary/aromatic N) is 1. The number of nitrogens with two attached hydrogens (primary N) is 1. The quantitative estimate of drug-likeness (QED) is 0.435. The lowest BCUT2D eigenvalue weighted by Gasteiger charge is -2.07. The minimum atomic E-state index is -1.64. The molecule has 110 valence electrons. The second-order valence-electron chi connectivity index (χ2n) is 3.90. The molecule has 0 aliphatic carbocycles. The largest absolute Gasteiger partial charge is 0.370 e. The van der Waals surface area contributed by atoms with E-state index in [0.29, 0.717) is 12.6 Å². The predicted octanol–water partition coefficient (Wildman–Crippen LogP) is 1.36. The molecular formula is C12H15F3N4O. The molecule has 0 aliphatic rings. The third-order valence-corrected chi connectivity index (χ3v) is 2.26. The van der Waals surface area contributed by atoms with Crippen LogP contribution in [0.2, 0.25) is 0 Å². The smallest absolute Gasteiger partial charge is 0.246 e. The second-order valence-corrected chi connectivity index (χ2v) is 3.90. The molecule has 0 saturated carbocycles. The molecule has 8 heteroatoms. The van der Waals surface area contributed by atoms with E-state index in [0.717, 1.165) is 12.5 Å². The number of amides is 1. The summed E-state index contributed by atoms with van der Waals surface area (Å²) in [6.07, 6.45) is 0.836. The van der Waals surface area contributed by atoms with Crippen LogP contribution in [0.25, 0.3) is 0 Å². The van der Waals surface area contributed by atoms with Crippen molar-refractivity contribution in [2.45, 2.75) is 13.3 Å². The summed E-state index contributed by atoms with van der Waals surface area (Å²) in [6.45, 7) is 2.18. The molecule has 1 aromatic carbocycles. The van der Waals surface area contributed by atoms with Crippen LogP contribution in [-0.4, -0.2) is 25.0 Å². The van der Waals surface area contributed by atoms with E-state index >= 15 is 0 Å². The van der Waals surface area contributed by atoms with Crippen LogP contribution in [0.1, 0.15) is 13.3 Å². The highest BCUT2D eigenvalue weighted by Gasteiger charge is 2.14. The minimum absolute atomic E-state index is 0.0766. The van der Waals surface area contributed by atoms with Gasteiger partial charge in [-0.25, -0.2) is 18.2 Å². The van der Waals surface area contributed by atoms with Gasteiger partial charge in [0.15, 0.2) is 23.4 Å². The number of nitrogens with one attached hydrogen (secondary N) is 2. The van der Waals surface area contributed by atoms with Gasteiger partial charge in [0.25, 0.3) is 0 Å². The monoisotopic (exact) mass is 288 g/mol. The number of carbonyl (C=O) groups excluding carboxylic acids is 1. The maximum Gasteiger partial charge on any atom is 0.246 e. The maximum absolute atomic E-state index is 13.3. The van der Waals surface area contributed by atoms with Crippen LogP contribution in [-0.2, 0) is 4.79 Å². The molecule has 20 heavy (non-hydrogen) atoms. The molecule has 0 atom stereocenters. The Morgan fingerprint density at radius 1 is 1.30 bits per heavy atom. The number of anilines is 1. The third-order valence-electron chi connectivity index (χ3n) is 2.26. The van der Waals surface area contributed by atoms with Crippen LogP contribution < -0.4 is 16.4 Å². The summed E-state index contributed by atoms with van der Waals surface area (Å²) in [5.74, 6) is -5.05. The van der Waals surface area contributed by atoms with Crippen molar-refractivity contribution in [2.24, 2.45) is 10.7 Å². The van der Waals surface area contributed by atoms with Crippen molar-refractivity contribution >= 4 is 17.6 Å². The van der Waals surface area contributed by atoms with E-state index in [1.807, 2.05) is 6.92 Å². The van der Waals surface area contributed by atoms with E-state index in [9.17, 15) is 18.0 Å². The molecule has 1 rings (SSSR count). The number of hydrogen-bond acceptors (Lipinski definition) is 2. The van der Waals surface area contributed by atoms with Crippen LogP contribution >= 0.6 is 0 Å². The summed E-state index contributed by atoms with van der Waals surface area (Å²) >= 11 is 0. The van der Waals surface area contributed by atoms with Crippen LogP contribution in [0.5, 0.6) is 0 Å². The van der Waals surface area contributed by atoms with Crippen LogP contribution in [0, 0.1) is 17.5 Å². The van der Waals surface area contributed by atoms with E-state index < -0.39 is 29.0 Å². The van der Waals surface area contributed by atoms with Gasteiger partial charge in [0.2, 0.25) is 5.91 Å². The van der Waals surface area contributed by atoms with E-state index in [4.69, 9.17) is 5.73 Å². The molecule has 0 fully saturated rings. The van der Waals surface area contributed by atoms with Gasteiger partial charge in [-0.3, -0.25) is 4.79 Å². The average Bonchev–Trinajstić information content (AvgIpc) is 2.43. The van der Waals surface area contributed by atoms with Crippen LogP contribution in [0.4, 0.5) is 18.9 Å². The first-order valence-corrected chi connectivity index (χ1v) is 5.92. The van der Waals surface area contributed by atoms with Gasteiger partial charge < -0.3 is 16.4 Å². The fourth-order valence-electron chi connectivity index (χ4n) is 1.28. The minimum Gasteiger partial charge on any atom is -0.370 e. The lowest BCUT2D eigenvalue weighted by molar-refractivity contribution is -0.114. The van der Waals surface area contributed by atoms with Gasteiger partial charge in [-0.05, 0) is 18.6 Å². The number of aliphatic imine (C=N–C) groups is 1. The van der Waals surface area contributed by atoms with Crippen LogP contribution in [0.15, 0.2) is 17.1 Å². The molecule has 0 saturated heterocycles. The maximum atomic E-state index is 13.3. The van der Waals surface area contributed by atoms with Crippen molar-refractivity contribution in [3.63, 3.8) is 0 Å². The molecule has 1 aromatic rings. The molecule has 0 aliphatic heterocycles. The Morgan fingerprint density at radius 2 is 2.00 bits per heavy atom. The standard InChI is InChI=1S/C12H15F3N4O/c1-2-5-17-12(16)18-6-9(20)19-8-4-3-7(13)10(14)11(8)15/h3-4H,2,5-6H2,1H3,(H,19,20)(H3,16,17,18). The third kappa shape index (κ3) is 4.45. The molecule has 0 bridgehead atoms. The molecule has 0 spiro atoms. The first-order valence-electron chi connectivity index (χ1n) is 5.92. The van der Waals surface area contributed by atoms with Crippen molar-refractivity contribution in [3.05, 3.63) is 29.6 Å². The predicted molar refractivity (Wildman–Crippen MR) is 69.7 cm³/mol. The van der Waals surface area contributed by atoms with Crippen molar-refractivity contribution in [3.8, 4) is 0 Å². The summed E-state index contributed by atoms with van der Waals surface area (Å²) in [4.78, 5) is 15.2. The zero-order valence-electron chi connectivity index (χ0n) is 10.8. The molecule has 0 aromatic heterocycles. The first-order chi connectivity index (χ1) is 9.45. The number of benzene rings is 1. The van der Waals surface area contributed by atoms with Gasteiger partial charge >= 0.3 is 0 Å². The molecule has 1 amide bonds. The fraction of sp³-hybridized carbons (Fsp3) is 0.333. The summed E-state index contributed by atoms with van der Waals surface area (Å²) in [5, 5.41) is 4.82. The van der Waals surface area contributed by atoms with E-state index in [2.05, 4.69) is 15.6 Å². The first kappa shape index (κ1) is 15.8. The SMILES string of the molecule is CCCNC(N)=NCC(=O)Nc1ccc(F)c(F)c1F. The van der Waals surface area contributed by atoms with Gasteiger partial charge in [-0.15, -0.1) is 0 Å². The highest BCUT2D eigenvalue weighted by molar-refractivity contribution is 5.94. The highest BCUT2D eigenvalue weighted by Crippen LogP contribution is 2.19. The Bertz CT molecular complexity index is 520. The number of halogens is 3. The zero-order valence-corrected chi connectivity index (χ0v) is 10.8. The molecule has 0 radical (unpaired) electrons. The zero-order chi connectivity index (χ0) is 15.1. The van der Waals surface area contributed by atoms with Crippen molar-refractivity contribution in [2.75, 3.05) is 18.4 Å². The fourth-order valence-corrected chi connectivity index (χ4v) is 1.28. The van der Waals surface area contributed by atoms with Gasteiger partial charge in [0.1, 0.15) is 6.54 Å². The normalized spacial score (nSPS) is 11.3. The Balaban J connectivity index is 2.61.